The molecule has 0 bridgehead atoms. The van der Waals surface area contributed by atoms with Crippen molar-refractivity contribution < 1.29 is 4.79 Å². The van der Waals surface area contributed by atoms with Gasteiger partial charge in [0.2, 0.25) is 0 Å². The van der Waals surface area contributed by atoms with E-state index in [0.717, 1.165) is 10.0 Å². The molecule has 0 amide bonds. The predicted molar refractivity (Wildman–Crippen MR) is 52.9 cm³/mol. The minimum atomic E-state index is -0.0776. The minimum absolute atomic E-state index is 0.0776. The largest absolute Gasteiger partial charge is 0.299 e. The molecule has 1 rings (SSSR count). The average Bonchev–Trinajstić information content (AvgIpc) is 2.34. The van der Waals surface area contributed by atoms with Crippen LogP contribution in [0.5, 0.6) is 0 Å². The summed E-state index contributed by atoms with van der Waals surface area (Å²) < 4.78 is 0. The molecule has 4 heteroatoms. The normalized spacial score (nSPS) is 13.3. The molecular formula is C9H14N2OS. The lowest BCUT2D eigenvalue weighted by Crippen LogP contribution is -2.14. The maximum Gasteiger partial charge on any atom is 0.140 e. The fraction of sp³-hybridized carbons (Fsp3) is 0.667. The van der Waals surface area contributed by atoms with Gasteiger partial charge < -0.3 is 0 Å². The molecule has 0 N–H and O–H groups in total. The van der Waals surface area contributed by atoms with Crippen molar-refractivity contribution in [2.75, 3.05) is 0 Å². The Labute approximate surface area is 82.2 Å². The van der Waals surface area contributed by atoms with E-state index < -0.39 is 0 Å². The first-order valence-electron chi connectivity index (χ1n) is 4.32. The van der Waals surface area contributed by atoms with Crippen LogP contribution in [0, 0.1) is 12.8 Å². The van der Waals surface area contributed by atoms with Crippen molar-refractivity contribution in [3.8, 4) is 0 Å². The molecule has 0 saturated heterocycles. The van der Waals surface area contributed by atoms with Crippen LogP contribution in [0.4, 0.5) is 0 Å². The van der Waals surface area contributed by atoms with Gasteiger partial charge in [0.25, 0.3) is 0 Å². The highest BCUT2D eigenvalue weighted by Gasteiger charge is 2.24. The Bertz CT molecular complexity index is 306. The zero-order valence-corrected chi connectivity index (χ0v) is 9.18. The van der Waals surface area contributed by atoms with E-state index in [-0.39, 0.29) is 11.7 Å². The van der Waals surface area contributed by atoms with E-state index in [1.807, 2.05) is 20.8 Å². The first-order valence-corrected chi connectivity index (χ1v) is 5.14. The number of Topliss-reactive ketones (excluding diaryl/α,β-unsaturated/α-hetero) is 1. The fourth-order valence-corrected chi connectivity index (χ4v) is 2.40. The molecule has 0 aliphatic carbocycles. The second kappa shape index (κ2) is 3.96. The SMILES string of the molecule is CC(=O)C(c1nnc(C)s1)C(C)C. The molecule has 0 spiro atoms. The van der Waals surface area contributed by atoms with Crippen LogP contribution in [0.15, 0.2) is 0 Å². The Balaban J connectivity index is 2.95. The maximum atomic E-state index is 11.3. The Morgan fingerprint density at radius 1 is 1.38 bits per heavy atom. The third kappa shape index (κ3) is 2.34. The van der Waals surface area contributed by atoms with Gasteiger partial charge in [0.05, 0.1) is 5.92 Å². The van der Waals surface area contributed by atoms with Gasteiger partial charge >= 0.3 is 0 Å². The van der Waals surface area contributed by atoms with Gasteiger partial charge in [-0.25, -0.2) is 0 Å². The van der Waals surface area contributed by atoms with Crippen molar-refractivity contribution >= 4 is 17.1 Å². The molecule has 0 radical (unpaired) electrons. The molecule has 1 heterocycles. The number of carbonyl (C=O) groups excluding carboxylic acids is 1. The summed E-state index contributed by atoms with van der Waals surface area (Å²) in [4.78, 5) is 11.3. The van der Waals surface area contributed by atoms with Crippen LogP contribution in [0.2, 0.25) is 0 Å². The molecule has 1 aromatic rings. The van der Waals surface area contributed by atoms with Crippen LogP contribution in [0.3, 0.4) is 0 Å². The molecule has 13 heavy (non-hydrogen) atoms. The monoisotopic (exact) mass is 198 g/mol. The molecule has 1 unspecified atom stereocenters. The van der Waals surface area contributed by atoms with Crippen LogP contribution in [-0.2, 0) is 4.79 Å². The molecule has 0 aliphatic rings. The lowest BCUT2D eigenvalue weighted by atomic mass is 9.93. The summed E-state index contributed by atoms with van der Waals surface area (Å²) in [6.45, 7) is 7.58. The number of ketones is 1. The topological polar surface area (TPSA) is 42.9 Å². The van der Waals surface area contributed by atoms with Crippen molar-refractivity contribution in [1.82, 2.24) is 10.2 Å². The highest BCUT2D eigenvalue weighted by molar-refractivity contribution is 7.11. The number of carbonyl (C=O) groups is 1. The third-order valence-electron chi connectivity index (χ3n) is 1.91. The zero-order valence-electron chi connectivity index (χ0n) is 8.37. The van der Waals surface area contributed by atoms with E-state index in [9.17, 15) is 4.79 Å². The maximum absolute atomic E-state index is 11.3. The van der Waals surface area contributed by atoms with Crippen molar-refractivity contribution in [3.05, 3.63) is 10.0 Å². The number of nitrogens with zero attached hydrogens (tertiary/aromatic N) is 2. The number of hydrogen-bond acceptors (Lipinski definition) is 4. The number of hydrogen-bond donors (Lipinski definition) is 0. The van der Waals surface area contributed by atoms with E-state index in [4.69, 9.17) is 0 Å². The van der Waals surface area contributed by atoms with Gasteiger partial charge in [-0.2, -0.15) is 0 Å². The summed E-state index contributed by atoms with van der Waals surface area (Å²) in [6, 6.07) is 0. The highest BCUT2D eigenvalue weighted by Crippen LogP contribution is 2.27. The molecule has 1 aromatic heterocycles. The number of aryl methyl sites for hydroxylation is 1. The Hall–Kier alpha value is -0.770. The second-order valence-corrected chi connectivity index (χ2v) is 4.70. The molecular weight excluding hydrogens is 184 g/mol. The Kier molecular flexibility index (Phi) is 3.14. The molecule has 0 aromatic carbocycles. The molecule has 3 nitrogen and oxygen atoms in total. The highest BCUT2D eigenvalue weighted by atomic mass is 32.1. The summed E-state index contributed by atoms with van der Waals surface area (Å²) in [5, 5.41) is 9.69. The van der Waals surface area contributed by atoms with Crippen molar-refractivity contribution in [1.29, 1.82) is 0 Å². The van der Waals surface area contributed by atoms with E-state index >= 15 is 0 Å². The number of rotatable bonds is 3. The van der Waals surface area contributed by atoms with Crippen LogP contribution >= 0.6 is 11.3 Å². The smallest absolute Gasteiger partial charge is 0.140 e. The second-order valence-electron chi connectivity index (χ2n) is 3.49. The average molecular weight is 198 g/mol. The van der Waals surface area contributed by atoms with Gasteiger partial charge in [0.15, 0.2) is 0 Å². The summed E-state index contributed by atoms with van der Waals surface area (Å²) in [7, 11) is 0. The third-order valence-corrected chi connectivity index (χ3v) is 2.83. The summed E-state index contributed by atoms with van der Waals surface area (Å²) >= 11 is 1.51. The van der Waals surface area contributed by atoms with Gasteiger partial charge in [-0.15, -0.1) is 21.5 Å². The van der Waals surface area contributed by atoms with Gasteiger partial charge in [-0.1, -0.05) is 13.8 Å². The molecule has 0 fully saturated rings. The van der Waals surface area contributed by atoms with E-state index in [2.05, 4.69) is 10.2 Å². The Morgan fingerprint density at radius 3 is 2.31 bits per heavy atom. The van der Waals surface area contributed by atoms with Gasteiger partial charge in [0, 0.05) is 0 Å². The fourth-order valence-electron chi connectivity index (χ4n) is 1.37. The van der Waals surface area contributed by atoms with Crippen LogP contribution in [0.25, 0.3) is 0 Å². The van der Waals surface area contributed by atoms with Gasteiger partial charge in [-0.3, -0.25) is 4.79 Å². The van der Waals surface area contributed by atoms with E-state index in [1.54, 1.807) is 6.92 Å². The standard InChI is InChI=1S/C9H14N2OS/c1-5(2)8(6(3)12)9-11-10-7(4)13-9/h5,8H,1-4H3. The van der Waals surface area contributed by atoms with Crippen molar-refractivity contribution in [3.63, 3.8) is 0 Å². The van der Waals surface area contributed by atoms with Crippen molar-refractivity contribution in [2.24, 2.45) is 5.92 Å². The van der Waals surface area contributed by atoms with Crippen LogP contribution in [-0.4, -0.2) is 16.0 Å². The van der Waals surface area contributed by atoms with Gasteiger partial charge in [0.1, 0.15) is 15.8 Å². The lowest BCUT2D eigenvalue weighted by molar-refractivity contribution is -0.119. The summed E-state index contributed by atoms with van der Waals surface area (Å²) in [5.74, 6) is 0.391. The van der Waals surface area contributed by atoms with Crippen molar-refractivity contribution in [2.45, 2.75) is 33.6 Å². The lowest BCUT2D eigenvalue weighted by Gasteiger charge is -2.13. The Morgan fingerprint density at radius 2 is 2.00 bits per heavy atom. The molecule has 0 aliphatic heterocycles. The zero-order chi connectivity index (χ0) is 10.0. The first-order chi connectivity index (χ1) is 6.02. The first kappa shape index (κ1) is 10.3. The number of aromatic nitrogens is 2. The molecule has 72 valence electrons. The van der Waals surface area contributed by atoms with E-state index in [0.29, 0.717) is 5.92 Å². The van der Waals surface area contributed by atoms with Gasteiger partial charge in [-0.05, 0) is 19.8 Å². The molecule has 1 atom stereocenters. The summed E-state index contributed by atoms with van der Waals surface area (Å²) in [6.07, 6.45) is 0. The quantitative estimate of drug-likeness (QED) is 0.747. The predicted octanol–water partition coefficient (Wildman–Crippen LogP) is 2.18. The van der Waals surface area contributed by atoms with Crippen LogP contribution < -0.4 is 0 Å². The summed E-state index contributed by atoms with van der Waals surface area (Å²) in [5.41, 5.74) is 0. The minimum Gasteiger partial charge on any atom is -0.299 e. The molecule has 0 saturated carbocycles. The van der Waals surface area contributed by atoms with Crippen LogP contribution in [0.1, 0.15) is 36.7 Å². The van der Waals surface area contributed by atoms with E-state index in [1.165, 1.54) is 11.3 Å².